The average Bonchev–Trinajstić information content (AvgIpc) is 3.07. The molecule has 3 N–H and O–H groups in total. The fourth-order valence-corrected chi connectivity index (χ4v) is 4.81. The van der Waals surface area contributed by atoms with E-state index in [0.717, 1.165) is 25.7 Å². The third-order valence-electron chi connectivity index (χ3n) is 7.69. The molecule has 0 spiro atoms. The van der Waals surface area contributed by atoms with Crippen LogP contribution in [0.25, 0.3) is 0 Å². The maximum absolute atomic E-state index is 12.1. The molecular weight excluding hydrogens is 604 g/mol. The molecule has 0 aromatic carbocycles. The van der Waals surface area contributed by atoms with Crippen molar-refractivity contribution in [2.45, 2.75) is 161 Å². The SMILES string of the molecule is CC/C=C\C[C@H](O)/C=C/C=C\C=C\[C@H](O)C/C=C\C/C=C\CCC(=O)O[C@@H](CO)COC(=O)CCCCCCCCCCCCCCC. The van der Waals surface area contributed by atoms with Gasteiger partial charge in [-0.05, 0) is 38.5 Å². The summed E-state index contributed by atoms with van der Waals surface area (Å²) in [7, 11) is 0. The van der Waals surface area contributed by atoms with Gasteiger partial charge >= 0.3 is 11.9 Å². The topological polar surface area (TPSA) is 113 Å². The first-order valence-corrected chi connectivity index (χ1v) is 18.7. The Morgan fingerprint density at radius 2 is 1.12 bits per heavy atom. The number of esters is 2. The van der Waals surface area contributed by atoms with Gasteiger partial charge in [-0.15, -0.1) is 0 Å². The summed E-state index contributed by atoms with van der Waals surface area (Å²) in [6, 6.07) is 0. The molecule has 0 radical (unpaired) electrons. The number of hydrogen-bond donors (Lipinski definition) is 3. The number of aliphatic hydroxyl groups is 3. The van der Waals surface area contributed by atoms with E-state index >= 15 is 0 Å². The summed E-state index contributed by atoms with van der Waals surface area (Å²) in [4.78, 5) is 24.2. The number of allylic oxidation sites excluding steroid dienone is 8. The second-order valence-corrected chi connectivity index (χ2v) is 12.3. The average molecular weight is 673 g/mol. The van der Waals surface area contributed by atoms with Crippen molar-refractivity contribution in [3.05, 3.63) is 72.9 Å². The Morgan fingerprint density at radius 1 is 0.604 bits per heavy atom. The lowest BCUT2D eigenvalue weighted by Crippen LogP contribution is -2.28. The van der Waals surface area contributed by atoms with Crippen LogP contribution >= 0.6 is 0 Å². The van der Waals surface area contributed by atoms with Gasteiger partial charge in [0.15, 0.2) is 6.10 Å². The van der Waals surface area contributed by atoms with Crippen LogP contribution in [-0.4, -0.2) is 58.8 Å². The number of carbonyl (C=O) groups is 2. The molecule has 0 bridgehead atoms. The molecule has 0 aromatic rings. The normalized spacial score (nSPS) is 14.4. The Bertz CT molecular complexity index is 931. The second kappa shape index (κ2) is 35.6. The Balaban J connectivity index is 3.87. The maximum Gasteiger partial charge on any atom is 0.306 e. The molecule has 0 saturated heterocycles. The molecule has 0 heterocycles. The fraction of sp³-hybridized carbons (Fsp3) is 0.659. The van der Waals surface area contributed by atoms with Crippen LogP contribution < -0.4 is 0 Å². The third-order valence-corrected chi connectivity index (χ3v) is 7.69. The van der Waals surface area contributed by atoms with Gasteiger partial charge in [-0.3, -0.25) is 9.59 Å². The van der Waals surface area contributed by atoms with Crippen molar-refractivity contribution in [3.63, 3.8) is 0 Å². The van der Waals surface area contributed by atoms with Gasteiger partial charge < -0.3 is 24.8 Å². The smallest absolute Gasteiger partial charge is 0.306 e. The summed E-state index contributed by atoms with van der Waals surface area (Å²) < 4.78 is 10.5. The predicted molar refractivity (Wildman–Crippen MR) is 198 cm³/mol. The van der Waals surface area contributed by atoms with E-state index in [4.69, 9.17) is 9.47 Å². The molecule has 0 aromatic heterocycles. The van der Waals surface area contributed by atoms with Crippen molar-refractivity contribution < 1.29 is 34.4 Å². The monoisotopic (exact) mass is 672 g/mol. The summed E-state index contributed by atoms with van der Waals surface area (Å²) in [5.41, 5.74) is 0. The molecule has 0 rings (SSSR count). The van der Waals surface area contributed by atoms with Crippen LogP contribution in [0.3, 0.4) is 0 Å². The molecule has 3 atom stereocenters. The van der Waals surface area contributed by atoms with Crippen molar-refractivity contribution in [1.82, 2.24) is 0 Å². The van der Waals surface area contributed by atoms with Gasteiger partial charge in [0.25, 0.3) is 0 Å². The molecule has 274 valence electrons. The zero-order valence-electron chi connectivity index (χ0n) is 30.2. The van der Waals surface area contributed by atoms with Gasteiger partial charge in [0.2, 0.25) is 0 Å². The molecule has 0 saturated carbocycles. The third kappa shape index (κ3) is 33.2. The highest BCUT2D eigenvalue weighted by Gasteiger charge is 2.15. The van der Waals surface area contributed by atoms with Crippen LogP contribution in [0.4, 0.5) is 0 Å². The van der Waals surface area contributed by atoms with Gasteiger partial charge in [-0.2, -0.15) is 0 Å². The van der Waals surface area contributed by atoms with E-state index in [1.165, 1.54) is 64.2 Å². The van der Waals surface area contributed by atoms with E-state index in [0.29, 0.717) is 32.1 Å². The zero-order valence-corrected chi connectivity index (χ0v) is 30.2. The quantitative estimate of drug-likeness (QED) is 0.0282. The first-order valence-electron chi connectivity index (χ1n) is 18.7. The molecule has 0 unspecified atom stereocenters. The van der Waals surface area contributed by atoms with Crippen molar-refractivity contribution in [2.75, 3.05) is 13.2 Å². The Kier molecular flexibility index (Phi) is 33.5. The fourth-order valence-electron chi connectivity index (χ4n) is 4.81. The Morgan fingerprint density at radius 3 is 1.67 bits per heavy atom. The molecule has 0 aliphatic carbocycles. The molecule has 7 nitrogen and oxygen atoms in total. The summed E-state index contributed by atoms with van der Waals surface area (Å²) in [5.74, 6) is -0.763. The molecule has 0 amide bonds. The van der Waals surface area contributed by atoms with Crippen LogP contribution in [0.2, 0.25) is 0 Å². The standard InChI is InChI=1S/C41H68O7/c1-3-5-7-8-9-10-11-12-13-14-15-19-27-33-40(45)47-36-39(35-42)48-41(46)34-28-20-17-16-18-24-30-38(44)32-26-22-21-25-31-37(43)29-23-6-4-2/h6,17-18,20-26,31-32,37-39,42-44H,3-5,7-16,19,27-30,33-36H2,1-2H3/b20-17-,22-21-,23-6-,24-18-,31-25+,32-26+/t37-,38+,39-/m0/s1. The number of carbonyl (C=O) groups excluding carboxylic acids is 2. The molecule has 48 heavy (non-hydrogen) atoms. The highest BCUT2D eigenvalue weighted by Crippen LogP contribution is 2.13. The molecule has 0 aliphatic heterocycles. The predicted octanol–water partition coefficient (Wildman–Crippen LogP) is 9.33. The number of hydrogen-bond acceptors (Lipinski definition) is 7. The molecule has 0 aliphatic rings. The largest absolute Gasteiger partial charge is 0.462 e. The van der Waals surface area contributed by atoms with E-state index in [1.807, 2.05) is 48.6 Å². The lowest BCUT2D eigenvalue weighted by atomic mass is 10.0. The van der Waals surface area contributed by atoms with Crippen molar-refractivity contribution in [2.24, 2.45) is 0 Å². The van der Waals surface area contributed by atoms with Crippen LogP contribution in [0.1, 0.15) is 142 Å². The summed E-state index contributed by atoms with van der Waals surface area (Å²) in [5, 5.41) is 29.4. The molecule has 7 heteroatoms. The molecular formula is C41H68O7. The zero-order chi connectivity index (χ0) is 35.3. The lowest BCUT2D eigenvalue weighted by molar-refractivity contribution is -0.161. The first-order chi connectivity index (χ1) is 23.4. The number of rotatable bonds is 32. The summed E-state index contributed by atoms with van der Waals surface area (Å²) >= 11 is 0. The maximum atomic E-state index is 12.1. The first kappa shape index (κ1) is 45.3. The van der Waals surface area contributed by atoms with Crippen LogP contribution in [0.15, 0.2) is 72.9 Å². The molecule has 0 fully saturated rings. The highest BCUT2D eigenvalue weighted by atomic mass is 16.6. The van der Waals surface area contributed by atoms with E-state index in [9.17, 15) is 24.9 Å². The van der Waals surface area contributed by atoms with E-state index < -0.39 is 30.9 Å². The van der Waals surface area contributed by atoms with Gasteiger partial charge in [0.05, 0.1) is 18.8 Å². The van der Waals surface area contributed by atoms with E-state index in [2.05, 4.69) is 13.8 Å². The van der Waals surface area contributed by atoms with Gasteiger partial charge in [0.1, 0.15) is 6.61 Å². The minimum atomic E-state index is -0.849. The Hall–Kier alpha value is -2.74. The lowest BCUT2D eigenvalue weighted by Gasteiger charge is -2.15. The minimum absolute atomic E-state index is 0.129. The van der Waals surface area contributed by atoms with Crippen molar-refractivity contribution >= 4 is 11.9 Å². The van der Waals surface area contributed by atoms with Gasteiger partial charge in [-0.25, -0.2) is 0 Å². The number of ether oxygens (including phenoxy) is 2. The van der Waals surface area contributed by atoms with E-state index in [1.54, 1.807) is 24.3 Å². The van der Waals surface area contributed by atoms with Crippen LogP contribution in [0, 0.1) is 0 Å². The highest BCUT2D eigenvalue weighted by molar-refractivity contribution is 5.70. The van der Waals surface area contributed by atoms with E-state index in [-0.39, 0.29) is 19.0 Å². The minimum Gasteiger partial charge on any atom is -0.462 e. The second-order valence-electron chi connectivity index (χ2n) is 12.3. The number of unbranched alkanes of at least 4 members (excludes halogenated alkanes) is 12. The van der Waals surface area contributed by atoms with Crippen LogP contribution in [0.5, 0.6) is 0 Å². The van der Waals surface area contributed by atoms with Gasteiger partial charge in [-0.1, -0.05) is 164 Å². The Labute approximate surface area is 292 Å². The van der Waals surface area contributed by atoms with Crippen LogP contribution in [-0.2, 0) is 19.1 Å². The van der Waals surface area contributed by atoms with Gasteiger partial charge in [0, 0.05) is 12.8 Å². The number of aliphatic hydroxyl groups excluding tert-OH is 3. The van der Waals surface area contributed by atoms with Crippen molar-refractivity contribution in [1.29, 1.82) is 0 Å². The summed E-state index contributed by atoms with van der Waals surface area (Å²) in [6.45, 7) is 3.78. The van der Waals surface area contributed by atoms with Crippen molar-refractivity contribution in [3.8, 4) is 0 Å². The summed E-state index contributed by atoms with van der Waals surface area (Å²) in [6.07, 6.45) is 40.3.